The van der Waals surface area contributed by atoms with Crippen LogP contribution < -0.4 is 12.4 Å². The van der Waals surface area contributed by atoms with E-state index in [1.165, 1.54) is 57.8 Å². The third kappa shape index (κ3) is 12.9. The molecule has 76 valence electrons. The molecule has 0 radical (unpaired) electrons. The minimum atomic E-state index is 0. The summed E-state index contributed by atoms with van der Waals surface area (Å²) < 4.78 is 0. The standard InChI is InChI=1S/C11H24.ClH/c1-3-5-7-9-11-10-8-6-4-2;/h3-11H2,1-2H3;1H/p-1. The fourth-order valence-electron chi connectivity index (χ4n) is 1.38. The lowest BCUT2D eigenvalue weighted by Crippen LogP contribution is -3.00. The molecule has 0 aromatic carbocycles. The first-order valence-corrected chi connectivity index (χ1v) is 5.41. The van der Waals surface area contributed by atoms with Crippen LogP contribution in [-0.4, -0.2) is 0 Å². The van der Waals surface area contributed by atoms with E-state index in [1.807, 2.05) is 0 Å². The van der Waals surface area contributed by atoms with Gasteiger partial charge in [-0.15, -0.1) is 0 Å². The molecule has 0 aliphatic carbocycles. The molecule has 0 bridgehead atoms. The Morgan fingerprint density at radius 2 is 0.750 bits per heavy atom. The Labute approximate surface area is 84.5 Å². The summed E-state index contributed by atoms with van der Waals surface area (Å²) in [5, 5.41) is 0. The van der Waals surface area contributed by atoms with Crippen LogP contribution in [0.25, 0.3) is 0 Å². The maximum Gasteiger partial charge on any atom is -0.0533 e. The summed E-state index contributed by atoms with van der Waals surface area (Å²) in [5.74, 6) is 0. The van der Waals surface area contributed by atoms with Gasteiger partial charge in [0.25, 0.3) is 0 Å². The van der Waals surface area contributed by atoms with Gasteiger partial charge in [-0.2, -0.15) is 0 Å². The van der Waals surface area contributed by atoms with Gasteiger partial charge < -0.3 is 12.4 Å². The van der Waals surface area contributed by atoms with Crippen molar-refractivity contribution >= 4 is 0 Å². The molecular formula is C11H24Cl-. The summed E-state index contributed by atoms with van der Waals surface area (Å²) >= 11 is 0. The molecule has 0 spiro atoms. The van der Waals surface area contributed by atoms with E-state index >= 15 is 0 Å². The van der Waals surface area contributed by atoms with Crippen molar-refractivity contribution in [3.05, 3.63) is 0 Å². The topological polar surface area (TPSA) is 0 Å². The highest BCUT2D eigenvalue weighted by Crippen LogP contribution is 2.08. The predicted octanol–water partition coefficient (Wildman–Crippen LogP) is 1.54. The average Bonchev–Trinajstić information content (AvgIpc) is 2.03. The van der Waals surface area contributed by atoms with Gasteiger partial charge >= 0.3 is 0 Å². The van der Waals surface area contributed by atoms with E-state index in [-0.39, 0.29) is 12.4 Å². The molecule has 0 heterocycles. The normalized spacial score (nSPS) is 9.50. The molecule has 0 aliphatic heterocycles. The molecule has 0 aromatic heterocycles. The largest absolute Gasteiger partial charge is 1.00 e. The number of rotatable bonds is 8. The molecule has 0 rings (SSSR count). The van der Waals surface area contributed by atoms with Crippen LogP contribution in [0.15, 0.2) is 0 Å². The fraction of sp³-hybridized carbons (Fsp3) is 1.00. The van der Waals surface area contributed by atoms with Crippen LogP contribution in [0.3, 0.4) is 0 Å². The lowest BCUT2D eigenvalue weighted by Gasteiger charge is -1.98. The molecule has 0 atom stereocenters. The maximum atomic E-state index is 2.27. The van der Waals surface area contributed by atoms with Gasteiger partial charge in [0, 0.05) is 0 Å². The molecule has 0 aliphatic rings. The molecule has 1 heteroatoms. The summed E-state index contributed by atoms with van der Waals surface area (Å²) in [6, 6.07) is 0. The predicted molar refractivity (Wildman–Crippen MR) is 52.9 cm³/mol. The monoisotopic (exact) mass is 191 g/mol. The highest BCUT2D eigenvalue weighted by Gasteiger charge is 1.88. The second kappa shape index (κ2) is 13.9. The Bertz CT molecular complexity index is 54.0. The van der Waals surface area contributed by atoms with Crippen LogP contribution in [0.2, 0.25) is 0 Å². The summed E-state index contributed by atoms with van der Waals surface area (Å²) in [6.07, 6.45) is 13.0. The van der Waals surface area contributed by atoms with E-state index in [2.05, 4.69) is 13.8 Å². The van der Waals surface area contributed by atoms with E-state index in [9.17, 15) is 0 Å². The van der Waals surface area contributed by atoms with Crippen LogP contribution in [0.5, 0.6) is 0 Å². The molecule has 0 saturated carbocycles. The molecule has 12 heavy (non-hydrogen) atoms. The highest BCUT2D eigenvalue weighted by molar-refractivity contribution is 4.44. The smallest absolute Gasteiger partial charge is 0.0533 e. The van der Waals surface area contributed by atoms with Gasteiger partial charge in [-0.25, -0.2) is 0 Å². The zero-order valence-electron chi connectivity index (χ0n) is 8.74. The van der Waals surface area contributed by atoms with E-state index in [0.29, 0.717) is 0 Å². The van der Waals surface area contributed by atoms with Crippen molar-refractivity contribution in [2.45, 2.75) is 71.6 Å². The first-order valence-electron chi connectivity index (χ1n) is 5.41. The Morgan fingerprint density at radius 1 is 0.500 bits per heavy atom. The van der Waals surface area contributed by atoms with Gasteiger partial charge in [0.2, 0.25) is 0 Å². The molecule has 0 fully saturated rings. The number of hydrogen-bond donors (Lipinski definition) is 0. The maximum absolute atomic E-state index is 2.27. The molecule has 0 unspecified atom stereocenters. The minimum absolute atomic E-state index is 0. The second-order valence-electron chi connectivity index (χ2n) is 3.47. The van der Waals surface area contributed by atoms with Crippen LogP contribution in [0, 0.1) is 0 Å². The lowest BCUT2D eigenvalue weighted by molar-refractivity contribution is -0.00000259. The number of unbranched alkanes of at least 4 members (excludes halogenated alkanes) is 8. The van der Waals surface area contributed by atoms with Crippen molar-refractivity contribution in [3.63, 3.8) is 0 Å². The van der Waals surface area contributed by atoms with E-state index in [4.69, 9.17) is 0 Å². The van der Waals surface area contributed by atoms with E-state index in [1.54, 1.807) is 0 Å². The zero-order valence-corrected chi connectivity index (χ0v) is 9.50. The summed E-state index contributed by atoms with van der Waals surface area (Å²) in [5.41, 5.74) is 0. The first kappa shape index (κ1) is 14.8. The summed E-state index contributed by atoms with van der Waals surface area (Å²) in [6.45, 7) is 4.55. The van der Waals surface area contributed by atoms with Gasteiger partial charge in [-0.3, -0.25) is 0 Å². The molecule has 0 N–H and O–H groups in total. The van der Waals surface area contributed by atoms with Gasteiger partial charge in [-0.1, -0.05) is 71.6 Å². The van der Waals surface area contributed by atoms with Crippen molar-refractivity contribution in [1.82, 2.24) is 0 Å². The number of hydrogen-bond acceptors (Lipinski definition) is 0. The SMILES string of the molecule is CCCCCCCCCCC.[Cl-]. The Kier molecular flexibility index (Phi) is 17.1. The van der Waals surface area contributed by atoms with Crippen molar-refractivity contribution in [2.24, 2.45) is 0 Å². The van der Waals surface area contributed by atoms with Crippen LogP contribution in [0.1, 0.15) is 71.6 Å². The number of halogens is 1. The van der Waals surface area contributed by atoms with Crippen LogP contribution >= 0.6 is 0 Å². The lowest BCUT2D eigenvalue weighted by atomic mass is 10.1. The summed E-state index contributed by atoms with van der Waals surface area (Å²) in [4.78, 5) is 0. The molecule has 0 saturated heterocycles. The third-order valence-electron chi connectivity index (χ3n) is 2.21. The molecular weight excluding hydrogens is 168 g/mol. The Morgan fingerprint density at radius 3 is 1.00 bits per heavy atom. The molecule has 0 aromatic rings. The van der Waals surface area contributed by atoms with Crippen molar-refractivity contribution < 1.29 is 12.4 Å². The van der Waals surface area contributed by atoms with Gasteiger partial charge in [0.05, 0.1) is 0 Å². The Balaban J connectivity index is 0. The summed E-state index contributed by atoms with van der Waals surface area (Å²) in [7, 11) is 0. The van der Waals surface area contributed by atoms with Crippen LogP contribution in [-0.2, 0) is 0 Å². The zero-order chi connectivity index (χ0) is 8.36. The van der Waals surface area contributed by atoms with Gasteiger partial charge in [0.1, 0.15) is 0 Å². The second-order valence-corrected chi connectivity index (χ2v) is 3.47. The Hall–Kier alpha value is 0.290. The van der Waals surface area contributed by atoms with Gasteiger partial charge in [-0.05, 0) is 0 Å². The van der Waals surface area contributed by atoms with Gasteiger partial charge in [0.15, 0.2) is 0 Å². The van der Waals surface area contributed by atoms with E-state index in [0.717, 1.165) is 0 Å². The van der Waals surface area contributed by atoms with Crippen LogP contribution in [0.4, 0.5) is 0 Å². The van der Waals surface area contributed by atoms with Crippen molar-refractivity contribution in [2.75, 3.05) is 0 Å². The third-order valence-corrected chi connectivity index (χ3v) is 2.21. The van der Waals surface area contributed by atoms with E-state index < -0.39 is 0 Å². The first-order chi connectivity index (χ1) is 5.41. The fourth-order valence-corrected chi connectivity index (χ4v) is 1.38. The average molecular weight is 192 g/mol. The molecule has 0 amide bonds. The quantitative estimate of drug-likeness (QED) is 0.511. The molecule has 0 nitrogen and oxygen atoms in total. The van der Waals surface area contributed by atoms with Crippen molar-refractivity contribution in [1.29, 1.82) is 0 Å². The van der Waals surface area contributed by atoms with Crippen molar-refractivity contribution in [3.8, 4) is 0 Å². The highest BCUT2D eigenvalue weighted by atomic mass is 35.5. The minimum Gasteiger partial charge on any atom is -1.00 e.